The topological polar surface area (TPSA) is 63.1 Å². The third-order valence-corrected chi connectivity index (χ3v) is 4.89. The Bertz CT molecular complexity index is 859. The minimum absolute atomic E-state index is 0.201. The number of likely N-dealkylation sites (N-methyl/N-ethyl adjacent to an activating group) is 1. The molecule has 28 heavy (non-hydrogen) atoms. The van der Waals surface area contributed by atoms with Crippen LogP contribution in [0.4, 0.5) is 0 Å². The van der Waals surface area contributed by atoms with Gasteiger partial charge in [-0.1, -0.05) is 67.6 Å². The maximum atomic E-state index is 12.6. The molecule has 1 atom stereocenters. The molecule has 1 aromatic heterocycles. The van der Waals surface area contributed by atoms with Gasteiger partial charge < -0.3 is 5.32 Å². The zero-order chi connectivity index (χ0) is 19.8. The van der Waals surface area contributed by atoms with Gasteiger partial charge in [0.25, 0.3) is 5.91 Å². The van der Waals surface area contributed by atoms with Crippen LogP contribution in [0.15, 0.2) is 66.9 Å². The third kappa shape index (κ3) is 5.04. The fraction of sp³-hybridized carbons (Fsp3) is 0.318. The van der Waals surface area contributed by atoms with Crippen LogP contribution in [0.3, 0.4) is 0 Å². The Balaban J connectivity index is 1.65. The van der Waals surface area contributed by atoms with Gasteiger partial charge in [0.15, 0.2) is 5.69 Å². The van der Waals surface area contributed by atoms with E-state index in [4.69, 9.17) is 0 Å². The van der Waals surface area contributed by atoms with Crippen LogP contribution in [0, 0.1) is 0 Å². The molecule has 3 aromatic rings. The lowest BCUT2D eigenvalue weighted by molar-refractivity contribution is 0.0929. The highest BCUT2D eigenvalue weighted by Crippen LogP contribution is 2.10. The SMILES string of the molecule is CCN(CC)C(CNC(=O)c1cn(-c2ccccc2)nn1)Cc1ccccc1. The standard InChI is InChI=1S/C22H27N5O/c1-3-26(4-2)20(15-18-11-7-5-8-12-18)16-23-22(28)21-17-27(25-24-21)19-13-9-6-10-14-19/h5-14,17,20H,3-4,15-16H2,1-2H3,(H,23,28). The van der Waals surface area contributed by atoms with Gasteiger partial charge in [-0.05, 0) is 37.2 Å². The number of hydrogen-bond donors (Lipinski definition) is 1. The first-order valence-electron chi connectivity index (χ1n) is 9.75. The van der Waals surface area contributed by atoms with Crippen molar-refractivity contribution in [3.8, 4) is 5.69 Å². The molecule has 1 heterocycles. The predicted octanol–water partition coefficient (Wildman–Crippen LogP) is 2.95. The zero-order valence-corrected chi connectivity index (χ0v) is 16.5. The van der Waals surface area contributed by atoms with Crippen molar-refractivity contribution in [3.05, 3.63) is 78.1 Å². The summed E-state index contributed by atoms with van der Waals surface area (Å²) in [5.74, 6) is -0.201. The summed E-state index contributed by atoms with van der Waals surface area (Å²) in [4.78, 5) is 15.0. The summed E-state index contributed by atoms with van der Waals surface area (Å²) in [6.45, 7) is 6.74. The second-order valence-electron chi connectivity index (χ2n) is 6.66. The minimum atomic E-state index is -0.201. The molecule has 3 rings (SSSR count). The van der Waals surface area contributed by atoms with Gasteiger partial charge in [-0.25, -0.2) is 4.68 Å². The molecular formula is C22H27N5O. The highest BCUT2D eigenvalue weighted by Gasteiger charge is 2.19. The summed E-state index contributed by atoms with van der Waals surface area (Å²) in [6, 6.07) is 20.2. The number of amides is 1. The molecule has 6 heteroatoms. The predicted molar refractivity (Wildman–Crippen MR) is 111 cm³/mol. The smallest absolute Gasteiger partial charge is 0.273 e. The number of para-hydroxylation sites is 1. The lowest BCUT2D eigenvalue weighted by Gasteiger charge is -2.30. The average molecular weight is 377 g/mol. The van der Waals surface area contributed by atoms with Gasteiger partial charge >= 0.3 is 0 Å². The number of carbonyl (C=O) groups is 1. The Morgan fingerprint density at radius 3 is 2.32 bits per heavy atom. The molecule has 1 amide bonds. The molecular weight excluding hydrogens is 350 g/mol. The summed E-state index contributed by atoms with van der Waals surface area (Å²) in [6.07, 6.45) is 2.55. The van der Waals surface area contributed by atoms with Crippen LogP contribution >= 0.6 is 0 Å². The quantitative estimate of drug-likeness (QED) is 0.623. The van der Waals surface area contributed by atoms with Crippen LogP contribution < -0.4 is 5.32 Å². The van der Waals surface area contributed by atoms with Crippen molar-refractivity contribution in [3.63, 3.8) is 0 Å². The zero-order valence-electron chi connectivity index (χ0n) is 16.5. The highest BCUT2D eigenvalue weighted by molar-refractivity contribution is 5.91. The molecule has 0 bridgehead atoms. The van der Waals surface area contributed by atoms with Crippen LogP contribution in [0.2, 0.25) is 0 Å². The molecule has 1 unspecified atom stereocenters. The summed E-state index contributed by atoms with van der Waals surface area (Å²) < 4.78 is 1.61. The number of hydrogen-bond acceptors (Lipinski definition) is 4. The molecule has 0 aliphatic carbocycles. The molecule has 0 spiro atoms. The Morgan fingerprint density at radius 1 is 1.04 bits per heavy atom. The van der Waals surface area contributed by atoms with Gasteiger partial charge in [0.1, 0.15) is 0 Å². The van der Waals surface area contributed by atoms with E-state index in [0.717, 1.165) is 25.2 Å². The van der Waals surface area contributed by atoms with Gasteiger partial charge in [-0.3, -0.25) is 9.69 Å². The molecule has 0 radical (unpaired) electrons. The third-order valence-electron chi connectivity index (χ3n) is 4.89. The van der Waals surface area contributed by atoms with Gasteiger partial charge in [-0.2, -0.15) is 0 Å². The molecule has 2 aromatic carbocycles. The number of nitrogens with zero attached hydrogens (tertiary/aromatic N) is 4. The van der Waals surface area contributed by atoms with Crippen molar-refractivity contribution < 1.29 is 4.79 Å². The van der Waals surface area contributed by atoms with Crippen LogP contribution in [-0.4, -0.2) is 51.5 Å². The molecule has 6 nitrogen and oxygen atoms in total. The van der Waals surface area contributed by atoms with Crippen LogP contribution in [0.1, 0.15) is 29.9 Å². The molecule has 0 fully saturated rings. The van der Waals surface area contributed by atoms with E-state index in [1.165, 1.54) is 5.56 Å². The van der Waals surface area contributed by atoms with Crippen molar-refractivity contribution in [2.45, 2.75) is 26.3 Å². The normalized spacial score (nSPS) is 12.1. The Kier molecular flexibility index (Phi) is 6.92. The number of benzene rings is 2. The highest BCUT2D eigenvalue weighted by atomic mass is 16.2. The average Bonchev–Trinajstić information content (AvgIpc) is 3.24. The fourth-order valence-corrected chi connectivity index (χ4v) is 3.33. The van der Waals surface area contributed by atoms with Crippen LogP contribution in [0.5, 0.6) is 0 Å². The van der Waals surface area contributed by atoms with E-state index < -0.39 is 0 Å². The number of rotatable bonds is 9. The second kappa shape index (κ2) is 9.80. The van der Waals surface area contributed by atoms with E-state index in [0.29, 0.717) is 12.2 Å². The lowest BCUT2D eigenvalue weighted by Crippen LogP contribution is -2.45. The number of aromatic nitrogens is 3. The molecule has 0 aliphatic heterocycles. The van der Waals surface area contributed by atoms with Gasteiger partial charge in [0.2, 0.25) is 0 Å². The van der Waals surface area contributed by atoms with E-state index in [2.05, 4.69) is 58.6 Å². The molecule has 0 aliphatic rings. The van der Waals surface area contributed by atoms with Gasteiger partial charge in [0.05, 0.1) is 11.9 Å². The maximum absolute atomic E-state index is 12.6. The van der Waals surface area contributed by atoms with Gasteiger partial charge in [-0.15, -0.1) is 5.10 Å². The van der Waals surface area contributed by atoms with E-state index in [-0.39, 0.29) is 11.9 Å². The van der Waals surface area contributed by atoms with Gasteiger partial charge in [0, 0.05) is 12.6 Å². The minimum Gasteiger partial charge on any atom is -0.349 e. The molecule has 0 saturated heterocycles. The first kappa shape index (κ1) is 19.8. The molecule has 1 N–H and O–H groups in total. The van der Waals surface area contributed by atoms with Crippen molar-refractivity contribution in [1.29, 1.82) is 0 Å². The Morgan fingerprint density at radius 2 is 1.68 bits per heavy atom. The fourth-order valence-electron chi connectivity index (χ4n) is 3.33. The molecule has 0 saturated carbocycles. The van der Waals surface area contributed by atoms with E-state index in [1.54, 1.807) is 10.9 Å². The second-order valence-corrected chi connectivity index (χ2v) is 6.66. The number of nitrogens with one attached hydrogen (secondary N) is 1. The summed E-state index contributed by atoms with van der Waals surface area (Å²) >= 11 is 0. The van der Waals surface area contributed by atoms with Crippen LogP contribution in [0.25, 0.3) is 5.69 Å². The monoisotopic (exact) mass is 377 g/mol. The van der Waals surface area contributed by atoms with E-state index in [9.17, 15) is 4.79 Å². The Hall–Kier alpha value is -2.99. The summed E-state index contributed by atoms with van der Waals surface area (Å²) in [5, 5.41) is 11.1. The van der Waals surface area contributed by atoms with Crippen molar-refractivity contribution in [1.82, 2.24) is 25.2 Å². The first-order chi connectivity index (χ1) is 13.7. The van der Waals surface area contributed by atoms with Crippen molar-refractivity contribution >= 4 is 5.91 Å². The summed E-state index contributed by atoms with van der Waals surface area (Å²) in [7, 11) is 0. The van der Waals surface area contributed by atoms with Crippen molar-refractivity contribution in [2.75, 3.05) is 19.6 Å². The first-order valence-corrected chi connectivity index (χ1v) is 9.75. The van der Waals surface area contributed by atoms with Crippen molar-refractivity contribution in [2.24, 2.45) is 0 Å². The lowest BCUT2D eigenvalue weighted by atomic mass is 10.0. The number of carbonyl (C=O) groups excluding carboxylic acids is 1. The van der Waals surface area contributed by atoms with E-state index in [1.807, 2.05) is 36.4 Å². The van der Waals surface area contributed by atoms with Crippen LogP contribution in [-0.2, 0) is 6.42 Å². The molecule has 146 valence electrons. The summed E-state index contributed by atoms with van der Waals surface area (Å²) in [5.41, 5.74) is 2.46. The van der Waals surface area contributed by atoms with E-state index >= 15 is 0 Å². The largest absolute Gasteiger partial charge is 0.349 e. The maximum Gasteiger partial charge on any atom is 0.273 e. The Labute approximate surface area is 166 Å².